The first-order valence-corrected chi connectivity index (χ1v) is 5.94. The summed E-state index contributed by atoms with van der Waals surface area (Å²) in [6, 6.07) is 14.4. The highest BCUT2D eigenvalue weighted by Crippen LogP contribution is 2.31. The van der Waals surface area contributed by atoms with E-state index in [1.807, 2.05) is 25.1 Å². The molecule has 0 saturated carbocycles. The second-order valence-electron chi connectivity index (χ2n) is 3.84. The fourth-order valence-electron chi connectivity index (χ4n) is 1.65. The van der Waals surface area contributed by atoms with Crippen LogP contribution < -0.4 is 15.2 Å². The molecule has 4 heteroatoms. The van der Waals surface area contributed by atoms with Gasteiger partial charge in [-0.1, -0.05) is 12.1 Å². The maximum Gasteiger partial charge on any atom is 0.151 e. The van der Waals surface area contributed by atoms with Crippen molar-refractivity contribution < 1.29 is 9.47 Å². The molecular formula is C15H14N2O2. The Hall–Kier alpha value is -2.67. The van der Waals surface area contributed by atoms with E-state index in [0.717, 1.165) is 5.75 Å². The summed E-state index contributed by atoms with van der Waals surface area (Å²) in [5.41, 5.74) is 6.60. The smallest absolute Gasteiger partial charge is 0.151 e. The molecule has 2 aromatic rings. The van der Waals surface area contributed by atoms with Crippen LogP contribution in [-0.2, 0) is 0 Å². The molecule has 0 atom stereocenters. The van der Waals surface area contributed by atoms with Gasteiger partial charge in [-0.3, -0.25) is 0 Å². The summed E-state index contributed by atoms with van der Waals surface area (Å²) >= 11 is 0. The molecule has 96 valence electrons. The lowest BCUT2D eigenvalue weighted by Crippen LogP contribution is -1.96. The van der Waals surface area contributed by atoms with Crippen LogP contribution in [0.4, 0.5) is 5.69 Å². The van der Waals surface area contributed by atoms with Gasteiger partial charge in [-0.2, -0.15) is 5.26 Å². The van der Waals surface area contributed by atoms with Crippen LogP contribution in [0.5, 0.6) is 17.2 Å². The molecular weight excluding hydrogens is 240 g/mol. The maximum absolute atomic E-state index is 8.92. The van der Waals surface area contributed by atoms with E-state index in [1.165, 1.54) is 0 Å². The summed E-state index contributed by atoms with van der Waals surface area (Å²) in [5, 5.41) is 8.92. The lowest BCUT2D eigenvalue weighted by Gasteiger charge is -2.10. The normalized spacial score (nSPS) is 9.68. The lowest BCUT2D eigenvalue weighted by molar-refractivity contribution is 0.338. The highest BCUT2D eigenvalue weighted by atomic mass is 16.5. The van der Waals surface area contributed by atoms with Gasteiger partial charge in [-0.05, 0) is 31.2 Å². The molecule has 2 rings (SSSR count). The van der Waals surface area contributed by atoms with Crippen LogP contribution in [0.3, 0.4) is 0 Å². The zero-order valence-corrected chi connectivity index (χ0v) is 10.6. The van der Waals surface area contributed by atoms with Crippen molar-refractivity contribution in [1.29, 1.82) is 5.26 Å². The summed E-state index contributed by atoms with van der Waals surface area (Å²) in [5.74, 6) is 1.82. The minimum atomic E-state index is 0.340. The van der Waals surface area contributed by atoms with Crippen molar-refractivity contribution in [3.63, 3.8) is 0 Å². The van der Waals surface area contributed by atoms with E-state index in [4.69, 9.17) is 20.5 Å². The highest BCUT2D eigenvalue weighted by Gasteiger charge is 2.07. The lowest BCUT2D eigenvalue weighted by atomic mass is 10.2. The molecule has 0 unspecified atom stereocenters. The van der Waals surface area contributed by atoms with Gasteiger partial charge in [0.05, 0.1) is 17.9 Å². The summed E-state index contributed by atoms with van der Waals surface area (Å²) in [4.78, 5) is 0. The Labute approximate surface area is 112 Å². The van der Waals surface area contributed by atoms with Crippen LogP contribution >= 0.6 is 0 Å². The average Bonchev–Trinajstić information content (AvgIpc) is 2.42. The van der Waals surface area contributed by atoms with Crippen LogP contribution in [0.2, 0.25) is 0 Å². The van der Waals surface area contributed by atoms with Gasteiger partial charge in [-0.25, -0.2) is 0 Å². The number of para-hydroxylation sites is 1. The van der Waals surface area contributed by atoms with Gasteiger partial charge >= 0.3 is 0 Å². The monoisotopic (exact) mass is 254 g/mol. The number of nitrogens with two attached hydrogens (primary N) is 1. The first kappa shape index (κ1) is 12.8. The van der Waals surface area contributed by atoms with Crippen molar-refractivity contribution in [2.45, 2.75) is 6.92 Å². The molecule has 0 aliphatic rings. The number of hydrogen-bond donors (Lipinski definition) is 1. The molecule has 0 fully saturated rings. The summed E-state index contributed by atoms with van der Waals surface area (Å²) in [6.07, 6.45) is 0. The van der Waals surface area contributed by atoms with Crippen LogP contribution in [0, 0.1) is 11.3 Å². The predicted octanol–water partition coefficient (Wildman–Crippen LogP) is 3.33. The third-order valence-electron chi connectivity index (χ3n) is 2.53. The molecule has 0 aromatic heterocycles. The van der Waals surface area contributed by atoms with Gasteiger partial charge in [0.2, 0.25) is 0 Å². The molecule has 0 aliphatic heterocycles. The van der Waals surface area contributed by atoms with Gasteiger partial charge in [0.1, 0.15) is 17.6 Å². The zero-order valence-electron chi connectivity index (χ0n) is 10.6. The molecule has 0 bridgehead atoms. The Balaban J connectivity index is 2.26. The second-order valence-corrected chi connectivity index (χ2v) is 3.84. The SMILES string of the molecule is CCOc1cccc(Oc2cccc(C#N)c2N)c1. The van der Waals surface area contributed by atoms with Crippen molar-refractivity contribution in [2.75, 3.05) is 12.3 Å². The third-order valence-corrected chi connectivity index (χ3v) is 2.53. The molecule has 0 aliphatic carbocycles. The van der Waals surface area contributed by atoms with Gasteiger partial charge in [0.25, 0.3) is 0 Å². The Kier molecular flexibility index (Phi) is 3.89. The van der Waals surface area contributed by atoms with Gasteiger partial charge in [-0.15, -0.1) is 0 Å². The minimum Gasteiger partial charge on any atom is -0.494 e. The van der Waals surface area contributed by atoms with Crippen molar-refractivity contribution in [2.24, 2.45) is 0 Å². The number of rotatable bonds is 4. The Bertz CT molecular complexity index is 618. The molecule has 0 spiro atoms. The van der Waals surface area contributed by atoms with Gasteiger partial charge in [0.15, 0.2) is 5.75 Å². The van der Waals surface area contributed by atoms with E-state index in [-0.39, 0.29) is 0 Å². The zero-order chi connectivity index (χ0) is 13.7. The average molecular weight is 254 g/mol. The van der Waals surface area contributed by atoms with E-state index < -0.39 is 0 Å². The van der Waals surface area contributed by atoms with E-state index >= 15 is 0 Å². The summed E-state index contributed by atoms with van der Waals surface area (Å²) in [6.45, 7) is 2.51. The standard InChI is InChI=1S/C15H14N2O2/c1-2-18-12-6-4-7-13(9-12)19-14-8-3-5-11(10-16)15(14)17/h3-9H,2,17H2,1H3. The fraction of sp³-hybridized carbons (Fsp3) is 0.133. The minimum absolute atomic E-state index is 0.340. The molecule has 0 saturated heterocycles. The largest absolute Gasteiger partial charge is 0.494 e. The van der Waals surface area contributed by atoms with Crippen LogP contribution in [-0.4, -0.2) is 6.61 Å². The number of nitriles is 1. The van der Waals surface area contributed by atoms with Crippen molar-refractivity contribution >= 4 is 5.69 Å². The van der Waals surface area contributed by atoms with Crippen LogP contribution in [0.15, 0.2) is 42.5 Å². The van der Waals surface area contributed by atoms with Crippen molar-refractivity contribution in [1.82, 2.24) is 0 Å². The predicted molar refractivity (Wildman–Crippen MR) is 73.3 cm³/mol. The number of ether oxygens (including phenoxy) is 2. The van der Waals surface area contributed by atoms with E-state index in [9.17, 15) is 0 Å². The van der Waals surface area contributed by atoms with E-state index in [1.54, 1.807) is 30.3 Å². The van der Waals surface area contributed by atoms with E-state index in [0.29, 0.717) is 29.4 Å². The first-order chi connectivity index (χ1) is 9.24. The van der Waals surface area contributed by atoms with E-state index in [2.05, 4.69) is 0 Å². The topological polar surface area (TPSA) is 68.3 Å². The third kappa shape index (κ3) is 2.96. The molecule has 0 radical (unpaired) electrons. The Morgan fingerprint density at radius 1 is 1.16 bits per heavy atom. The molecule has 2 N–H and O–H groups in total. The van der Waals surface area contributed by atoms with Crippen molar-refractivity contribution in [3.05, 3.63) is 48.0 Å². The van der Waals surface area contributed by atoms with Crippen LogP contribution in [0.25, 0.3) is 0 Å². The molecule has 0 amide bonds. The Morgan fingerprint density at radius 3 is 2.63 bits per heavy atom. The number of hydrogen-bond acceptors (Lipinski definition) is 4. The van der Waals surface area contributed by atoms with Gasteiger partial charge < -0.3 is 15.2 Å². The maximum atomic E-state index is 8.92. The number of benzene rings is 2. The molecule has 0 heterocycles. The van der Waals surface area contributed by atoms with Crippen LogP contribution in [0.1, 0.15) is 12.5 Å². The molecule has 2 aromatic carbocycles. The number of nitrogen functional groups attached to an aromatic ring is 1. The highest BCUT2D eigenvalue weighted by molar-refractivity contribution is 5.63. The summed E-state index contributed by atoms with van der Waals surface area (Å²) < 4.78 is 11.1. The fourth-order valence-corrected chi connectivity index (χ4v) is 1.65. The quantitative estimate of drug-likeness (QED) is 0.850. The number of anilines is 1. The second kappa shape index (κ2) is 5.78. The first-order valence-electron chi connectivity index (χ1n) is 5.94. The molecule has 4 nitrogen and oxygen atoms in total. The Morgan fingerprint density at radius 2 is 1.89 bits per heavy atom. The number of nitrogens with zero attached hydrogens (tertiary/aromatic N) is 1. The van der Waals surface area contributed by atoms with Crippen molar-refractivity contribution in [3.8, 4) is 23.3 Å². The van der Waals surface area contributed by atoms with Gasteiger partial charge in [0, 0.05) is 6.07 Å². The molecule has 19 heavy (non-hydrogen) atoms. The summed E-state index contributed by atoms with van der Waals surface area (Å²) in [7, 11) is 0.